The lowest BCUT2D eigenvalue weighted by atomic mass is 10.1. The lowest BCUT2D eigenvalue weighted by molar-refractivity contribution is -0.122. The van der Waals surface area contributed by atoms with Crippen LogP contribution in [0.2, 0.25) is 5.02 Å². The number of urea groups is 1. The fraction of sp³-hybridized carbons (Fsp3) is 0.0690. The number of anilines is 1. The molecule has 1 saturated heterocycles. The lowest BCUT2D eigenvalue weighted by Gasteiger charge is -2.26. The van der Waals surface area contributed by atoms with E-state index < -0.39 is 17.8 Å². The molecule has 178 valence electrons. The Morgan fingerprint density at radius 3 is 2.44 bits per heavy atom. The van der Waals surface area contributed by atoms with Crippen molar-refractivity contribution in [3.8, 4) is 5.75 Å². The molecule has 5 rings (SSSR count). The summed E-state index contributed by atoms with van der Waals surface area (Å²) in [6.45, 7) is 2.12. The molecule has 4 aromatic rings. The number of halogens is 1. The maximum absolute atomic E-state index is 13.3. The van der Waals surface area contributed by atoms with E-state index in [2.05, 4.69) is 11.4 Å². The molecule has 1 aliphatic heterocycles. The first kappa shape index (κ1) is 23.3. The number of hydrogen-bond donors (Lipinski definition) is 1. The highest BCUT2D eigenvalue weighted by Gasteiger charge is 2.37. The first-order chi connectivity index (χ1) is 17.4. The van der Waals surface area contributed by atoms with Gasteiger partial charge in [0.1, 0.15) is 17.9 Å². The molecule has 0 spiro atoms. The number of amides is 4. The van der Waals surface area contributed by atoms with Gasteiger partial charge in [0, 0.05) is 10.6 Å². The number of carbonyl (C=O) groups is 3. The number of carbonyl (C=O) groups excluding carboxylic acids is 3. The molecule has 0 unspecified atom stereocenters. The van der Waals surface area contributed by atoms with Crippen LogP contribution in [0, 0.1) is 6.92 Å². The Morgan fingerprint density at radius 1 is 0.889 bits per heavy atom. The number of nitrogens with one attached hydrogen (secondary N) is 1. The highest BCUT2D eigenvalue weighted by Crippen LogP contribution is 2.28. The zero-order valence-electron chi connectivity index (χ0n) is 19.3. The monoisotopic (exact) mass is 496 g/mol. The van der Waals surface area contributed by atoms with Crippen LogP contribution in [-0.2, 0) is 16.2 Å². The second-order valence-corrected chi connectivity index (χ2v) is 8.81. The van der Waals surface area contributed by atoms with Gasteiger partial charge < -0.3 is 4.74 Å². The number of nitrogens with zero attached hydrogens (tertiary/aromatic N) is 1. The highest BCUT2D eigenvalue weighted by molar-refractivity contribution is 6.39. The molecular weight excluding hydrogens is 476 g/mol. The normalized spacial score (nSPS) is 14.9. The summed E-state index contributed by atoms with van der Waals surface area (Å²) in [4.78, 5) is 39.3. The zero-order chi connectivity index (χ0) is 25.2. The third-order valence-electron chi connectivity index (χ3n) is 5.94. The van der Waals surface area contributed by atoms with Crippen molar-refractivity contribution >= 4 is 52.0 Å². The Bertz CT molecular complexity index is 1560. The molecule has 0 bridgehead atoms. The molecule has 36 heavy (non-hydrogen) atoms. The minimum absolute atomic E-state index is 0.187. The largest absolute Gasteiger partial charge is 0.488 e. The third-order valence-corrected chi connectivity index (χ3v) is 6.35. The minimum atomic E-state index is -0.831. The summed E-state index contributed by atoms with van der Waals surface area (Å²) >= 11 is 6.19. The molecular formula is C29H21ClN2O4. The summed E-state index contributed by atoms with van der Waals surface area (Å²) in [6.07, 6.45) is 1.43. The molecule has 1 heterocycles. The van der Waals surface area contributed by atoms with Crippen molar-refractivity contribution in [2.75, 3.05) is 4.90 Å². The quantitative estimate of drug-likeness (QED) is 0.270. The number of imide groups is 2. The van der Waals surface area contributed by atoms with E-state index in [0.29, 0.717) is 22.9 Å². The van der Waals surface area contributed by atoms with Crippen molar-refractivity contribution in [1.82, 2.24) is 5.32 Å². The Hall–Kier alpha value is -4.42. The molecule has 6 nitrogen and oxygen atoms in total. The first-order valence-electron chi connectivity index (χ1n) is 11.3. The van der Waals surface area contributed by atoms with Gasteiger partial charge in [-0.1, -0.05) is 72.3 Å². The average molecular weight is 497 g/mol. The fourth-order valence-corrected chi connectivity index (χ4v) is 4.16. The Balaban J connectivity index is 1.43. The number of barbiturate groups is 1. The van der Waals surface area contributed by atoms with E-state index in [1.54, 1.807) is 30.3 Å². The van der Waals surface area contributed by atoms with E-state index in [1.807, 2.05) is 49.4 Å². The molecule has 0 radical (unpaired) electrons. The van der Waals surface area contributed by atoms with Crippen LogP contribution in [0.15, 0.2) is 90.5 Å². The van der Waals surface area contributed by atoms with Crippen molar-refractivity contribution in [2.45, 2.75) is 13.5 Å². The second kappa shape index (κ2) is 9.68. The Kier molecular flexibility index (Phi) is 6.27. The van der Waals surface area contributed by atoms with Crippen molar-refractivity contribution in [2.24, 2.45) is 0 Å². The van der Waals surface area contributed by atoms with Gasteiger partial charge in [-0.2, -0.15) is 0 Å². The average Bonchev–Trinajstić information content (AvgIpc) is 2.87. The Labute approximate surface area is 212 Å². The van der Waals surface area contributed by atoms with E-state index in [4.69, 9.17) is 16.3 Å². The van der Waals surface area contributed by atoms with E-state index in [9.17, 15) is 14.4 Å². The van der Waals surface area contributed by atoms with Gasteiger partial charge in [-0.3, -0.25) is 14.9 Å². The van der Waals surface area contributed by atoms with E-state index in [-0.39, 0.29) is 11.3 Å². The van der Waals surface area contributed by atoms with Gasteiger partial charge in [-0.15, -0.1) is 0 Å². The number of hydrogen-bond acceptors (Lipinski definition) is 4. The fourth-order valence-electron chi connectivity index (χ4n) is 3.99. The molecule has 0 atom stereocenters. The van der Waals surface area contributed by atoms with Crippen molar-refractivity contribution < 1.29 is 19.1 Å². The van der Waals surface area contributed by atoms with E-state index in [1.165, 1.54) is 12.1 Å². The number of ether oxygens (including phenoxy) is 1. The number of para-hydroxylation sites is 1. The van der Waals surface area contributed by atoms with Crippen LogP contribution in [0.25, 0.3) is 16.8 Å². The van der Waals surface area contributed by atoms with Crippen molar-refractivity contribution in [1.29, 1.82) is 0 Å². The molecule has 0 aromatic heterocycles. The predicted molar refractivity (Wildman–Crippen MR) is 140 cm³/mol. The van der Waals surface area contributed by atoms with E-state index in [0.717, 1.165) is 26.8 Å². The van der Waals surface area contributed by atoms with Crippen LogP contribution in [0.4, 0.5) is 10.5 Å². The summed E-state index contributed by atoms with van der Waals surface area (Å²) in [6, 6.07) is 25.3. The van der Waals surface area contributed by atoms with Crippen LogP contribution < -0.4 is 15.0 Å². The minimum Gasteiger partial charge on any atom is -0.488 e. The van der Waals surface area contributed by atoms with Crippen molar-refractivity contribution in [3.63, 3.8) is 0 Å². The molecule has 4 amide bonds. The zero-order valence-corrected chi connectivity index (χ0v) is 20.1. The van der Waals surface area contributed by atoms with Crippen LogP contribution >= 0.6 is 11.6 Å². The standard InChI is InChI=1S/C29H21ClN2O4/c1-18-10-13-23(16-25(18)30)32-28(34)24(27(33)31-29(32)35)15-22-8-4-5-9-26(22)36-17-19-11-12-20-6-2-3-7-21(20)14-19/h2-16H,17H2,1H3,(H,31,33,35)/b24-15-. The van der Waals surface area contributed by atoms with Crippen LogP contribution in [0.1, 0.15) is 16.7 Å². The summed E-state index contributed by atoms with van der Waals surface area (Å²) in [5, 5.41) is 4.89. The maximum atomic E-state index is 13.3. The molecule has 1 aliphatic rings. The number of aryl methyl sites for hydroxylation is 1. The number of rotatable bonds is 5. The van der Waals surface area contributed by atoms with Gasteiger partial charge in [-0.25, -0.2) is 9.69 Å². The van der Waals surface area contributed by atoms with Gasteiger partial charge in [0.05, 0.1) is 5.69 Å². The molecule has 0 aliphatic carbocycles. The number of fused-ring (bicyclic) bond motifs is 1. The molecule has 0 saturated carbocycles. The van der Waals surface area contributed by atoms with Gasteiger partial charge >= 0.3 is 6.03 Å². The van der Waals surface area contributed by atoms with Crippen LogP contribution in [-0.4, -0.2) is 17.8 Å². The molecule has 1 N–H and O–H groups in total. The number of benzene rings is 4. The van der Waals surface area contributed by atoms with E-state index >= 15 is 0 Å². The third kappa shape index (κ3) is 4.59. The van der Waals surface area contributed by atoms with Gasteiger partial charge in [0.15, 0.2) is 0 Å². The van der Waals surface area contributed by atoms with Gasteiger partial charge in [0.2, 0.25) is 0 Å². The first-order valence-corrected chi connectivity index (χ1v) is 11.7. The molecule has 1 fully saturated rings. The van der Waals surface area contributed by atoms with Gasteiger partial charge in [0.25, 0.3) is 11.8 Å². The highest BCUT2D eigenvalue weighted by atomic mass is 35.5. The molecule has 7 heteroatoms. The lowest BCUT2D eigenvalue weighted by Crippen LogP contribution is -2.54. The van der Waals surface area contributed by atoms with Crippen molar-refractivity contribution in [3.05, 3.63) is 112 Å². The van der Waals surface area contributed by atoms with Gasteiger partial charge in [-0.05, 0) is 59.2 Å². The summed E-state index contributed by atoms with van der Waals surface area (Å²) < 4.78 is 6.06. The second-order valence-electron chi connectivity index (χ2n) is 8.40. The maximum Gasteiger partial charge on any atom is 0.335 e. The van der Waals surface area contributed by atoms with Crippen LogP contribution in [0.3, 0.4) is 0 Å². The molecule has 4 aromatic carbocycles. The smallest absolute Gasteiger partial charge is 0.335 e. The summed E-state index contributed by atoms with van der Waals surface area (Å²) in [7, 11) is 0. The summed E-state index contributed by atoms with van der Waals surface area (Å²) in [5.74, 6) is -1.02. The van der Waals surface area contributed by atoms with Crippen LogP contribution in [0.5, 0.6) is 5.75 Å². The summed E-state index contributed by atoms with van der Waals surface area (Å²) in [5.41, 5.74) is 2.40. The SMILES string of the molecule is Cc1ccc(N2C(=O)NC(=O)/C(=C/c3ccccc3OCc3ccc4ccccc4c3)C2=O)cc1Cl. The predicted octanol–water partition coefficient (Wildman–Crippen LogP) is 6.05. The Morgan fingerprint density at radius 2 is 1.64 bits per heavy atom. The topological polar surface area (TPSA) is 75.7 Å².